The van der Waals surface area contributed by atoms with Crippen molar-refractivity contribution in [3.63, 3.8) is 0 Å². The van der Waals surface area contributed by atoms with E-state index in [-0.39, 0.29) is 44.9 Å². The fraction of sp³-hybridized carbons (Fsp3) is 0.645. The maximum atomic E-state index is 15.0. The van der Waals surface area contributed by atoms with Crippen LogP contribution in [0.2, 0.25) is 0 Å². The normalized spacial score (nSPS) is 24.5. The second-order valence-electron chi connectivity index (χ2n) is 13.0. The van der Waals surface area contributed by atoms with E-state index in [0.29, 0.717) is 30.7 Å². The molecule has 1 aliphatic carbocycles. The number of alkyl halides is 4. The van der Waals surface area contributed by atoms with Crippen molar-refractivity contribution >= 4 is 49.1 Å². The zero-order chi connectivity index (χ0) is 32.1. The first-order chi connectivity index (χ1) is 20.7. The first-order valence-corrected chi connectivity index (χ1v) is 18.6. The number of amides is 2. The number of rotatable bonds is 12. The Labute approximate surface area is 263 Å². The van der Waals surface area contributed by atoms with Gasteiger partial charge in [-0.1, -0.05) is 0 Å². The van der Waals surface area contributed by atoms with Crippen molar-refractivity contribution in [2.75, 3.05) is 24.6 Å². The topological polar surface area (TPSA) is 131 Å². The number of unbranched alkanes of at least 4 members (excludes halogenated alkanes) is 1. The van der Waals surface area contributed by atoms with Gasteiger partial charge in [0.25, 0.3) is 0 Å². The first-order valence-electron chi connectivity index (χ1n) is 15.1. The Morgan fingerprint density at radius 1 is 1.18 bits per heavy atom. The molecule has 2 atom stereocenters. The molecule has 242 valence electrons. The number of carbonyl (C=O) groups excluding carboxylic acids is 3. The number of halogens is 3. The molecule has 10 nitrogen and oxygen atoms in total. The molecule has 0 radical (unpaired) electrons. The van der Waals surface area contributed by atoms with Crippen LogP contribution in [0.3, 0.4) is 0 Å². The summed E-state index contributed by atoms with van der Waals surface area (Å²) in [5.41, 5.74) is -2.15. The van der Waals surface area contributed by atoms with Gasteiger partial charge in [-0.3, -0.25) is 0 Å². The van der Waals surface area contributed by atoms with Crippen LogP contribution in [-0.4, -0.2) is 66.2 Å². The van der Waals surface area contributed by atoms with E-state index in [1.807, 2.05) is 27.7 Å². The molecule has 3 heterocycles. The molecule has 2 aromatic rings. The van der Waals surface area contributed by atoms with Gasteiger partial charge in [0.1, 0.15) is 0 Å². The van der Waals surface area contributed by atoms with Crippen LogP contribution in [0.15, 0.2) is 23.0 Å². The van der Waals surface area contributed by atoms with Crippen molar-refractivity contribution in [1.29, 1.82) is 0 Å². The van der Waals surface area contributed by atoms with E-state index in [0.717, 1.165) is 23.7 Å². The first kappa shape index (κ1) is 32.6. The van der Waals surface area contributed by atoms with Crippen molar-refractivity contribution in [3.8, 4) is 5.75 Å². The summed E-state index contributed by atoms with van der Waals surface area (Å²) in [6.45, 7) is 7.84. The summed E-state index contributed by atoms with van der Waals surface area (Å²) in [4.78, 5) is 59.3. The Bertz CT molecular complexity index is 1530. The summed E-state index contributed by atoms with van der Waals surface area (Å²) >= 11 is -2.10. The third-order valence-corrected chi connectivity index (χ3v) is 15.8. The number of benzene rings is 1. The van der Waals surface area contributed by atoms with Crippen molar-refractivity contribution in [1.82, 2.24) is 20.2 Å². The van der Waals surface area contributed by atoms with E-state index < -0.39 is 55.5 Å². The number of aromatic amines is 1. The maximum absolute atomic E-state index is 15.0. The van der Waals surface area contributed by atoms with Gasteiger partial charge in [-0.25, -0.2) is 0 Å². The van der Waals surface area contributed by atoms with Gasteiger partial charge in [-0.05, 0) is 0 Å². The molecule has 44 heavy (non-hydrogen) atoms. The van der Waals surface area contributed by atoms with Crippen LogP contribution in [-0.2, 0) is 18.6 Å². The zero-order valence-electron chi connectivity index (χ0n) is 25.9. The molecule has 2 unspecified atom stereocenters. The third-order valence-electron chi connectivity index (χ3n) is 9.61. The monoisotopic (exact) mass is 730 g/mol. The van der Waals surface area contributed by atoms with E-state index in [9.17, 15) is 28.0 Å². The van der Waals surface area contributed by atoms with Crippen molar-refractivity contribution in [2.24, 2.45) is 11.3 Å². The number of hydrogen-bond acceptors (Lipinski definition) is 7. The average Bonchev–Trinajstić information content (AvgIpc) is 3.87. The van der Waals surface area contributed by atoms with Crippen molar-refractivity contribution in [2.45, 2.75) is 87.5 Å². The van der Waals surface area contributed by atoms with Crippen LogP contribution in [0.5, 0.6) is 5.75 Å². The molecule has 13 heteroatoms. The number of nitrogens with zero attached hydrogens (tertiary/aromatic N) is 2. The number of carbonyl (C=O) groups is 3. The summed E-state index contributed by atoms with van der Waals surface area (Å²) in [6, 6.07) is 4.65. The molecule has 1 saturated carbocycles. The standard InChI is InChI=1S/C31H41F2IN4O6/c1-19(2)25(40)29(4)30(12-13-30)14-15-38(29)23(39)17-35-27(42)44-34-18-28(34,3)10-6-7-11-31(32,33)24-26(41)37-22-16-20(43-5)8-9-21(22)36-24/h8-9,16,19H,6-7,10-15,17-18H2,1-5H3,(H,35,42)(H,37,41). The van der Waals surface area contributed by atoms with Gasteiger partial charge in [-0.2, -0.15) is 0 Å². The molecule has 5 rings (SSSR count). The molecule has 2 N–H and O–H groups in total. The summed E-state index contributed by atoms with van der Waals surface area (Å²) in [5, 5.41) is 2.58. The van der Waals surface area contributed by atoms with E-state index in [4.69, 9.17) is 7.80 Å². The van der Waals surface area contributed by atoms with Crippen LogP contribution in [0, 0.1) is 11.3 Å². The summed E-state index contributed by atoms with van der Waals surface area (Å²) in [5.74, 6) is -3.33. The summed E-state index contributed by atoms with van der Waals surface area (Å²) in [6.07, 6.45) is 2.80. The number of aromatic nitrogens is 2. The molecule has 2 amide bonds. The Kier molecular flexibility index (Phi) is 8.75. The molecular formula is C31H41F2IN4O6. The van der Waals surface area contributed by atoms with E-state index in [1.165, 1.54) is 19.2 Å². The van der Waals surface area contributed by atoms with Crippen LogP contribution in [0.4, 0.5) is 13.6 Å². The van der Waals surface area contributed by atoms with E-state index in [1.54, 1.807) is 11.0 Å². The molecule has 3 aliphatic rings. The second-order valence-corrected chi connectivity index (χ2v) is 18.6. The van der Waals surface area contributed by atoms with Gasteiger partial charge < -0.3 is 4.74 Å². The molecule has 3 fully saturated rings. The van der Waals surface area contributed by atoms with Gasteiger partial charge in [0, 0.05) is 0 Å². The summed E-state index contributed by atoms with van der Waals surface area (Å²) in [7, 11) is 1.47. The van der Waals surface area contributed by atoms with E-state index >= 15 is 0 Å². The van der Waals surface area contributed by atoms with Crippen molar-refractivity contribution < 1.29 is 31.0 Å². The van der Waals surface area contributed by atoms with Gasteiger partial charge in [0.2, 0.25) is 0 Å². The number of methoxy groups -OCH3 is 1. The number of ketones is 1. The number of likely N-dealkylation sites (tertiary alicyclic amines) is 1. The molecule has 1 aromatic carbocycles. The SMILES string of the molecule is COc1ccc2nc(C(F)(F)CCCCC3(C)CI3OC(=O)NCC(=O)N3CCC4(CC4)C3(C)C(=O)C(C)C)c(=O)[nH]c2c1. The Morgan fingerprint density at radius 2 is 1.91 bits per heavy atom. The molecule has 2 saturated heterocycles. The summed E-state index contributed by atoms with van der Waals surface area (Å²) < 4.78 is 41.3. The number of nitrogens with one attached hydrogen (secondary N) is 2. The predicted molar refractivity (Wildman–Crippen MR) is 169 cm³/mol. The minimum absolute atomic E-state index is 0.0599. The Morgan fingerprint density at radius 3 is 2.57 bits per heavy atom. The minimum atomic E-state index is -3.39. The Hall–Kier alpha value is -2.84. The van der Waals surface area contributed by atoms with Gasteiger partial charge in [0.05, 0.1) is 7.11 Å². The van der Waals surface area contributed by atoms with Crippen molar-refractivity contribution in [3.05, 3.63) is 34.2 Å². The van der Waals surface area contributed by atoms with Crippen LogP contribution < -0.4 is 15.6 Å². The Balaban J connectivity index is 1.07. The van der Waals surface area contributed by atoms with Crippen LogP contribution >= 0.6 is 20.2 Å². The zero-order valence-corrected chi connectivity index (χ0v) is 28.0. The number of fused-ring (bicyclic) bond motifs is 1. The number of ether oxygens (including phenoxy) is 1. The molecule has 1 aromatic heterocycles. The van der Waals surface area contributed by atoms with Crippen LogP contribution in [0.25, 0.3) is 11.0 Å². The second kappa shape index (κ2) is 11.8. The third kappa shape index (κ3) is 6.04. The predicted octanol–water partition coefficient (Wildman–Crippen LogP) is 5.50. The van der Waals surface area contributed by atoms with Gasteiger partial charge >= 0.3 is 252 Å². The molecule has 2 aliphatic heterocycles. The molecule has 0 bridgehead atoms. The quantitative estimate of drug-likeness (QED) is 0.168. The van der Waals surface area contributed by atoms with Gasteiger partial charge in [0.15, 0.2) is 0 Å². The van der Waals surface area contributed by atoms with Crippen LogP contribution in [0.1, 0.15) is 78.3 Å². The number of Topliss-reactive ketones (excluding diaryl/α,β-unsaturated/α-hetero) is 1. The van der Waals surface area contributed by atoms with Gasteiger partial charge in [-0.15, -0.1) is 0 Å². The molecular weight excluding hydrogens is 689 g/mol. The van der Waals surface area contributed by atoms with E-state index in [2.05, 4.69) is 15.3 Å². The fourth-order valence-electron chi connectivity index (χ4n) is 6.57. The number of H-pyrrole nitrogens is 1. The number of hydrogen-bond donors (Lipinski definition) is 2. The average molecular weight is 731 g/mol. The molecule has 1 spiro atoms. The fourth-order valence-corrected chi connectivity index (χ4v) is 11.4.